The fourth-order valence-electron chi connectivity index (χ4n) is 1.83. The summed E-state index contributed by atoms with van der Waals surface area (Å²) in [6.45, 7) is 4.12. The first-order valence-corrected chi connectivity index (χ1v) is 7.42. The minimum atomic E-state index is -0.302. The first-order valence-electron chi connectivity index (χ1n) is 6.34. The summed E-state index contributed by atoms with van der Waals surface area (Å²) in [6, 6.07) is 5.29. The number of hydrogen-bond acceptors (Lipinski definition) is 4. The Bertz CT molecular complexity index is 485. The van der Waals surface area contributed by atoms with Crippen molar-refractivity contribution in [1.29, 1.82) is 0 Å². The number of esters is 1. The lowest BCUT2D eigenvalue weighted by atomic mass is 10.2. The normalized spacial score (nSPS) is 15.2. The molecule has 102 valence electrons. The molecule has 0 saturated carbocycles. The fraction of sp³-hybridized carbons (Fsp3) is 0.462. The highest BCUT2D eigenvalue weighted by Gasteiger charge is 2.11. The Morgan fingerprint density at radius 2 is 2.16 bits per heavy atom. The maximum atomic E-state index is 11.6. The van der Waals surface area contributed by atoms with Crippen molar-refractivity contribution in [2.24, 2.45) is 10.3 Å². The van der Waals surface area contributed by atoms with Crippen molar-refractivity contribution in [2.75, 3.05) is 19.7 Å². The van der Waals surface area contributed by atoms with Gasteiger partial charge in [0.15, 0.2) is 0 Å². The molecule has 1 aromatic rings. The van der Waals surface area contributed by atoms with E-state index in [1.807, 2.05) is 5.01 Å². The van der Waals surface area contributed by atoms with E-state index in [4.69, 9.17) is 4.74 Å². The molecule has 1 fully saturated rings. The average molecular weight is 373 g/mol. The van der Waals surface area contributed by atoms with Gasteiger partial charge < -0.3 is 4.74 Å². The van der Waals surface area contributed by atoms with Crippen molar-refractivity contribution in [1.82, 2.24) is 5.01 Å². The van der Waals surface area contributed by atoms with E-state index in [1.165, 1.54) is 12.8 Å². The lowest BCUT2D eigenvalue weighted by Gasteiger charge is -2.08. The van der Waals surface area contributed by atoms with E-state index in [9.17, 15) is 4.79 Å². The summed E-state index contributed by atoms with van der Waals surface area (Å²) in [5.41, 5.74) is 1.33. The molecule has 0 unspecified atom stereocenters. The highest BCUT2D eigenvalue weighted by atomic mass is 127. The summed E-state index contributed by atoms with van der Waals surface area (Å²) in [7, 11) is 0. The summed E-state index contributed by atoms with van der Waals surface area (Å²) in [5, 5.41) is 10.4. The second-order valence-corrected chi connectivity index (χ2v) is 5.40. The molecule has 5 nitrogen and oxygen atoms in total. The smallest absolute Gasteiger partial charge is 0.338 e. The summed E-state index contributed by atoms with van der Waals surface area (Å²) in [5.74, 6) is -0.302. The average Bonchev–Trinajstić information content (AvgIpc) is 2.90. The molecule has 1 heterocycles. The minimum Gasteiger partial charge on any atom is -0.462 e. The first kappa shape index (κ1) is 14.2. The molecule has 1 saturated heterocycles. The summed E-state index contributed by atoms with van der Waals surface area (Å²) in [6.07, 6.45) is 2.36. The van der Waals surface area contributed by atoms with Gasteiger partial charge in [-0.25, -0.2) is 4.79 Å². The van der Waals surface area contributed by atoms with Gasteiger partial charge in [-0.2, -0.15) is 0 Å². The van der Waals surface area contributed by atoms with Crippen LogP contribution in [0, 0.1) is 3.57 Å². The van der Waals surface area contributed by atoms with E-state index in [2.05, 4.69) is 32.9 Å². The van der Waals surface area contributed by atoms with Crippen LogP contribution in [0.1, 0.15) is 30.1 Å². The van der Waals surface area contributed by atoms with Crippen LogP contribution in [0.3, 0.4) is 0 Å². The molecule has 19 heavy (non-hydrogen) atoms. The number of rotatable bonds is 4. The fourth-order valence-corrected chi connectivity index (χ4v) is 2.45. The minimum absolute atomic E-state index is 0.302. The van der Waals surface area contributed by atoms with Gasteiger partial charge >= 0.3 is 5.97 Å². The van der Waals surface area contributed by atoms with Crippen molar-refractivity contribution in [3.05, 3.63) is 27.3 Å². The third kappa shape index (κ3) is 3.89. The zero-order chi connectivity index (χ0) is 13.7. The molecule has 1 aliphatic rings. The number of carbonyl (C=O) groups is 1. The molecular formula is C13H16IN3O2. The van der Waals surface area contributed by atoms with Gasteiger partial charge in [0.05, 0.1) is 12.2 Å². The number of nitrogens with zero attached hydrogens (tertiary/aromatic N) is 3. The second-order valence-electron chi connectivity index (χ2n) is 4.24. The number of ether oxygens (including phenoxy) is 1. The highest BCUT2D eigenvalue weighted by Crippen LogP contribution is 2.24. The van der Waals surface area contributed by atoms with Crippen molar-refractivity contribution < 1.29 is 9.53 Å². The van der Waals surface area contributed by atoms with E-state index in [0.717, 1.165) is 22.3 Å². The van der Waals surface area contributed by atoms with Gasteiger partial charge in [-0.3, -0.25) is 5.01 Å². The molecule has 0 aliphatic carbocycles. The van der Waals surface area contributed by atoms with E-state index in [-0.39, 0.29) is 5.97 Å². The molecule has 1 aromatic carbocycles. The molecule has 1 aliphatic heterocycles. The summed E-state index contributed by atoms with van der Waals surface area (Å²) >= 11 is 2.15. The van der Waals surface area contributed by atoms with E-state index >= 15 is 0 Å². The van der Waals surface area contributed by atoms with Crippen LogP contribution in [0.15, 0.2) is 28.5 Å². The summed E-state index contributed by atoms with van der Waals surface area (Å²) < 4.78 is 5.85. The van der Waals surface area contributed by atoms with Crippen molar-refractivity contribution in [3.8, 4) is 0 Å². The molecule has 0 aromatic heterocycles. The maximum absolute atomic E-state index is 11.6. The number of halogens is 1. The summed E-state index contributed by atoms with van der Waals surface area (Å²) in [4.78, 5) is 11.6. The highest BCUT2D eigenvalue weighted by molar-refractivity contribution is 14.1. The van der Waals surface area contributed by atoms with Gasteiger partial charge in [0, 0.05) is 16.7 Å². The van der Waals surface area contributed by atoms with Crippen LogP contribution >= 0.6 is 22.6 Å². The van der Waals surface area contributed by atoms with Crippen LogP contribution < -0.4 is 0 Å². The van der Waals surface area contributed by atoms with Crippen LogP contribution in [0.5, 0.6) is 0 Å². The van der Waals surface area contributed by atoms with Gasteiger partial charge in [0.25, 0.3) is 0 Å². The van der Waals surface area contributed by atoms with Gasteiger partial charge in [0.1, 0.15) is 5.69 Å². The Morgan fingerprint density at radius 1 is 1.42 bits per heavy atom. The predicted molar refractivity (Wildman–Crippen MR) is 80.4 cm³/mol. The SMILES string of the molecule is CCOC(=O)c1ccc(N=NN2CCCC2)c(I)c1. The van der Waals surface area contributed by atoms with Crippen molar-refractivity contribution in [3.63, 3.8) is 0 Å². The topological polar surface area (TPSA) is 54.3 Å². The zero-order valence-electron chi connectivity index (χ0n) is 10.8. The third-order valence-corrected chi connectivity index (χ3v) is 3.68. The van der Waals surface area contributed by atoms with Crippen LogP contribution in [0.4, 0.5) is 5.69 Å². The maximum Gasteiger partial charge on any atom is 0.338 e. The van der Waals surface area contributed by atoms with Crippen LogP contribution in [-0.2, 0) is 4.74 Å². The Kier molecular flexibility index (Phi) is 5.12. The van der Waals surface area contributed by atoms with Gasteiger partial charge in [-0.1, -0.05) is 5.22 Å². The molecule has 0 bridgehead atoms. The third-order valence-electron chi connectivity index (χ3n) is 2.82. The predicted octanol–water partition coefficient (Wildman–Crippen LogP) is 3.56. The molecule has 0 atom stereocenters. The Labute approximate surface area is 126 Å². The monoisotopic (exact) mass is 373 g/mol. The quantitative estimate of drug-likeness (QED) is 0.461. The largest absolute Gasteiger partial charge is 0.462 e. The lowest BCUT2D eigenvalue weighted by Crippen LogP contribution is -2.09. The number of hydrogen-bond donors (Lipinski definition) is 0. The van der Waals surface area contributed by atoms with E-state index in [1.54, 1.807) is 25.1 Å². The molecule has 0 N–H and O–H groups in total. The van der Waals surface area contributed by atoms with Crippen molar-refractivity contribution in [2.45, 2.75) is 19.8 Å². The number of carbonyl (C=O) groups excluding carboxylic acids is 1. The molecule has 2 rings (SSSR count). The van der Waals surface area contributed by atoms with E-state index < -0.39 is 0 Å². The van der Waals surface area contributed by atoms with Gasteiger partial charge in [-0.15, -0.1) is 5.11 Å². The molecule has 0 radical (unpaired) electrons. The van der Waals surface area contributed by atoms with Gasteiger partial charge in [-0.05, 0) is 60.6 Å². The Morgan fingerprint density at radius 3 is 2.79 bits per heavy atom. The van der Waals surface area contributed by atoms with Gasteiger partial charge in [0.2, 0.25) is 0 Å². The molecule has 0 spiro atoms. The molecular weight excluding hydrogens is 357 g/mol. The first-order chi connectivity index (χ1) is 9.20. The van der Waals surface area contributed by atoms with Crippen LogP contribution in [-0.4, -0.2) is 30.7 Å². The van der Waals surface area contributed by atoms with Crippen molar-refractivity contribution >= 4 is 34.2 Å². The molecule has 6 heteroatoms. The Balaban J connectivity index is 2.08. The Hall–Kier alpha value is -1.18. The lowest BCUT2D eigenvalue weighted by molar-refractivity contribution is 0.0526. The standard InChI is InChI=1S/C13H16IN3O2/c1-2-19-13(18)10-5-6-12(11(14)9-10)15-16-17-7-3-4-8-17/h5-6,9H,2-4,7-8H2,1H3. The van der Waals surface area contributed by atoms with Crippen LogP contribution in [0.2, 0.25) is 0 Å². The number of benzene rings is 1. The van der Waals surface area contributed by atoms with E-state index in [0.29, 0.717) is 12.2 Å². The zero-order valence-corrected chi connectivity index (χ0v) is 13.0. The second kappa shape index (κ2) is 6.83. The van der Waals surface area contributed by atoms with Crippen LogP contribution in [0.25, 0.3) is 0 Å². The molecule has 0 amide bonds.